The molecule has 0 aliphatic carbocycles. The SMILES string of the molecule is C=CCOC1C(=C)C(=O)O[C@@H]1C(C)(C)C. The molecule has 0 radical (unpaired) electrons. The molecule has 1 aliphatic rings. The number of ether oxygens (including phenoxy) is 2. The van der Waals surface area contributed by atoms with Crippen molar-refractivity contribution < 1.29 is 14.3 Å². The highest BCUT2D eigenvalue weighted by molar-refractivity contribution is 5.91. The van der Waals surface area contributed by atoms with E-state index in [1.54, 1.807) is 6.08 Å². The molecule has 1 fully saturated rings. The highest BCUT2D eigenvalue weighted by Gasteiger charge is 2.45. The van der Waals surface area contributed by atoms with Gasteiger partial charge < -0.3 is 9.47 Å². The van der Waals surface area contributed by atoms with E-state index in [1.165, 1.54) is 0 Å². The van der Waals surface area contributed by atoms with Crippen molar-refractivity contribution in [1.29, 1.82) is 0 Å². The Balaban J connectivity index is 2.82. The first kappa shape index (κ1) is 12.0. The predicted octanol–water partition coefficient (Wildman–Crippen LogP) is 2.09. The predicted molar refractivity (Wildman–Crippen MR) is 58.4 cm³/mol. The summed E-state index contributed by atoms with van der Waals surface area (Å²) in [4.78, 5) is 11.4. The quantitative estimate of drug-likeness (QED) is 0.406. The summed E-state index contributed by atoms with van der Waals surface area (Å²) in [5, 5.41) is 0. The molecule has 1 unspecified atom stereocenters. The van der Waals surface area contributed by atoms with Gasteiger partial charge in [-0.25, -0.2) is 4.79 Å². The van der Waals surface area contributed by atoms with Gasteiger partial charge in [0.1, 0.15) is 12.2 Å². The number of rotatable bonds is 3. The van der Waals surface area contributed by atoms with Crippen LogP contribution in [0.1, 0.15) is 20.8 Å². The zero-order valence-corrected chi connectivity index (χ0v) is 9.58. The molecule has 2 atom stereocenters. The first-order valence-corrected chi connectivity index (χ1v) is 5.00. The van der Waals surface area contributed by atoms with Gasteiger partial charge in [-0.2, -0.15) is 0 Å². The molecule has 1 rings (SSSR count). The summed E-state index contributed by atoms with van der Waals surface area (Å²) in [5.74, 6) is -0.357. The summed E-state index contributed by atoms with van der Waals surface area (Å²) < 4.78 is 10.8. The van der Waals surface area contributed by atoms with E-state index in [9.17, 15) is 4.79 Å². The lowest BCUT2D eigenvalue weighted by atomic mass is 9.85. The second kappa shape index (κ2) is 4.19. The molecular formula is C12H18O3. The third kappa shape index (κ3) is 2.48. The van der Waals surface area contributed by atoms with Gasteiger partial charge in [-0.1, -0.05) is 33.4 Å². The van der Waals surface area contributed by atoms with Gasteiger partial charge in [0.25, 0.3) is 0 Å². The lowest BCUT2D eigenvalue weighted by Crippen LogP contribution is -2.37. The lowest BCUT2D eigenvalue weighted by molar-refractivity contribution is -0.145. The Morgan fingerprint density at radius 2 is 2.13 bits per heavy atom. The molecule has 15 heavy (non-hydrogen) atoms. The number of cyclic esters (lactones) is 1. The van der Waals surface area contributed by atoms with Crippen molar-refractivity contribution in [2.75, 3.05) is 6.61 Å². The van der Waals surface area contributed by atoms with Crippen LogP contribution >= 0.6 is 0 Å². The standard InChI is InChI=1S/C12H18O3/c1-6-7-14-9-8(2)11(13)15-10(9)12(3,4)5/h6,9-10H,1-2,7H2,3-5H3/t9?,10-/m0/s1. The van der Waals surface area contributed by atoms with Gasteiger partial charge in [-0.3, -0.25) is 0 Å². The van der Waals surface area contributed by atoms with Crippen LogP contribution in [0.4, 0.5) is 0 Å². The average molecular weight is 210 g/mol. The van der Waals surface area contributed by atoms with E-state index in [1.807, 2.05) is 20.8 Å². The fourth-order valence-corrected chi connectivity index (χ4v) is 1.54. The molecule has 1 heterocycles. The van der Waals surface area contributed by atoms with Crippen LogP contribution in [0.3, 0.4) is 0 Å². The van der Waals surface area contributed by atoms with Gasteiger partial charge in [-0.15, -0.1) is 6.58 Å². The zero-order chi connectivity index (χ0) is 11.6. The Morgan fingerprint density at radius 1 is 1.53 bits per heavy atom. The van der Waals surface area contributed by atoms with Crippen molar-refractivity contribution in [2.24, 2.45) is 5.41 Å². The molecule has 0 saturated carbocycles. The highest BCUT2D eigenvalue weighted by atomic mass is 16.6. The van der Waals surface area contributed by atoms with Gasteiger partial charge in [0, 0.05) is 5.41 Å². The minimum Gasteiger partial charge on any atom is -0.455 e. The fourth-order valence-electron chi connectivity index (χ4n) is 1.54. The zero-order valence-electron chi connectivity index (χ0n) is 9.58. The molecule has 84 valence electrons. The molecule has 1 aliphatic heterocycles. The molecule has 0 aromatic carbocycles. The molecule has 0 spiro atoms. The maximum absolute atomic E-state index is 11.4. The smallest absolute Gasteiger partial charge is 0.336 e. The molecule has 0 bridgehead atoms. The van der Waals surface area contributed by atoms with Gasteiger partial charge >= 0.3 is 5.97 Å². The van der Waals surface area contributed by atoms with Gasteiger partial charge in [0.2, 0.25) is 0 Å². The number of esters is 1. The van der Waals surface area contributed by atoms with Crippen molar-refractivity contribution >= 4 is 5.97 Å². The fraction of sp³-hybridized carbons (Fsp3) is 0.583. The number of carbonyl (C=O) groups excluding carboxylic acids is 1. The first-order chi connectivity index (χ1) is 6.88. The maximum atomic E-state index is 11.4. The van der Waals surface area contributed by atoms with Crippen molar-refractivity contribution in [3.63, 3.8) is 0 Å². The minimum atomic E-state index is -0.357. The van der Waals surface area contributed by atoms with E-state index in [0.717, 1.165) is 0 Å². The van der Waals surface area contributed by atoms with Crippen LogP contribution in [0.2, 0.25) is 0 Å². The van der Waals surface area contributed by atoms with Crippen molar-refractivity contribution in [1.82, 2.24) is 0 Å². The molecule has 3 heteroatoms. The summed E-state index contributed by atoms with van der Waals surface area (Å²) in [6, 6.07) is 0. The molecule has 1 saturated heterocycles. The lowest BCUT2D eigenvalue weighted by Gasteiger charge is -2.29. The summed E-state index contributed by atoms with van der Waals surface area (Å²) in [7, 11) is 0. The van der Waals surface area contributed by atoms with Crippen LogP contribution in [0.25, 0.3) is 0 Å². The van der Waals surface area contributed by atoms with Crippen LogP contribution in [0.5, 0.6) is 0 Å². The Bertz CT molecular complexity index is 286. The number of hydrogen-bond donors (Lipinski definition) is 0. The summed E-state index contributed by atoms with van der Waals surface area (Å²) in [6.07, 6.45) is 1.03. The molecule has 0 N–H and O–H groups in total. The van der Waals surface area contributed by atoms with Gasteiger partial charge in [0.05, 0.1) is 12.2 Å². The minimum absolute atomic E-state index is 0.152. The Kier molecular flexibility index (Phi) is 3.35. The molecule has 0 amide bonds. The van der Waals surface area contributed by atoms with Crippen LogP contribution in [0.15, 0.2) is 24.8 Å². The number of carbonyl (C=O) groups is 1. The molecule has 0 aromatic heterocycles. The maximum Gasteiger partial charge on any atom is 0.336 e. The largest absolute Gasteiger partial charge is 0.455 e. The molecule has 3 nitrogen and oxygen atoms in total. The summed E-state index contributed by atoms with van der Waals surface area (Å²) in [5.41, 5.74) is 0.248. The molecule has 0 aromatic rings. The Labute approximate surface area is 90.8 Å². The van der Waals surface area contributed by atoms with Crippen molar-refractivity contribution in [3.05, 3.63) is 24.8 Å². The first-order valence-electron chi connectivity index (χ1n) is 5.00. The van der Waals surface area contributed by atoms with Crippen molar-refractivity contribution in [3.8, 4) is 0 Å². The van der Waals surface area contributed by atoms with Gasteiger partial charge in [0.15, 0.2) is 0 Å². The summed E-state index contributed by atoms with van der Waals surface area (Å²) in [6.45, 7) is 13.7. The Hall–Kier alpha value is -1.09. The monoisotopic (exact) mass is 210 g/mol. The van der Waals surface area contributed by atoms with Crippen LogP contribution in [-0.4, -0.2) is 24.8 Å². The Morgan fingerprint density at radius 3 is 2.60 bits per heavy atom. The van der Waals surface area contributed by atoms with Crippen LogP contribution in [-0.2, 0) is 14.3 Å². The highest BCUT2D eigenvalue weighted by Crippen LogP contribution is 2.35. The normalized spacial score (nSPS) is 26.6. The van der Waals surface area contributed by atoms with E-state index >= 15 is 0 Å². The van der Waals surface area contributed by atoms with E-state index in [4.69, 9.17) is 9.47 Å². The number of hydrogen-bond acceptors (Lipinski definition) is 3. The average Bonchev–Trinajstić information content (AvgIpc) is 2.40. The summed E-state index contributed by atoms with van der Waals surface area (Å²) >= 11 is 0. The van der Waals surface area contributed by atoms with E-state index in [0.29, 0.717) is 12.2 Å². The third-order valence-electron chi connectivity index (χ3n) is 2.36. The second-order valence-electron chi connectivity index (χ2n) is 4.76. The van der Waals surface area contributed by atoms with Crippen molar-refractivity contribution in [2.45, 2.75) is 33.0 Å². The van der Waals surface area contributed by atoms with E-state index in [2.05, 4.69) is 13.2 Å². The van der Waals surface area contributed by atoms with Gasteiger partial charge in [-0.05, 0) is 0 Å². The van der Waals surface area contributed by atoms with E-state index < -0.39 is 0 Å². The molecular weight excluding hydrogens is 192 g/mol. The van der Waals surface area contributed by atoms with E-state index in [-0.39, 0.29) is 23.6 Å². The van der Waals surface area contributed by atoms with Crippen LogP contribution < -0.4 is 0 Å². The third-order valence-corrected chi connectivity index (χ3v) is 2.36. The topological polar surface area (TPSA) is 35.5 Å². The second-order valence-corrected chi connectivity index (χ2v) is 4.76. The van der Waals surface area contributed by atoms with Crippen LogP contribution in [0, 0.1) is 5.41 Å².